The minimum Gasteiger partial charge on any atom is -0.370 e. The van der Waals surface area contributed by atoms with Crippen molar-refractivity contribution < 1.29 is 0 Å². The molecule has 2 aromatic heterocycles. The first kappa shape index (κ1) is 14.2. The Morgan fingerprint density at radius 1 is 1.26 bits per heavy atom. The lowest BCUT2D eigenvalue weighted by atomic mass is 10.4. The van der Waals surface area contributed by atoms with Crippen LogP contribution < -0.4 is 5.32 Å². The fourth-order valence-corrected chi connectivity index (χ4v) is 3.00. The third kappa shape index (κ3) is 4.43. The number of thioether (sulfide) groups is 1. The zero-order valence-electron chi connectivity index (χ0n) is 11.3. The molecule has 2 rings (SSSR count). The van der Waals surface area contributed by atoms with E-state index < -0.39 is 0 Å². The summed E-state index contributed by atoms with van der Waals surface area (Å²) in [7, 11) is 0. The molecule has 0 aliphatic rings. The van der Waals surface area contributed by atoms with Crippen LogP contribution in [0, 0.1) is 13.8 Å². The van der Waals surface area contributed by atoms with Crippen LogP contribution in [0.2, 0.25) is 0 Å². The van der Waals surface area contributed by atoms with Crippen LogP contribution in [0.3, 0.4) is 0 Å². The molecule has 0 aliphatic heterocycles. The average Bonchev–Trinajstić information content (AvgIpc) is 2.79. The summed E-state index contributed by atoms with van der Waals surface area (Å²) in [5.74, 6) is 3.27. The van der Waals surface area contributed by atoms with Crippen LogP contribution in [-0.2, 0) is 5.75 Å². The Kier molecular flexibility index (Phi) is 5.09. The highest BCUT2D eigenvalue weighted by atomic mass is 32.2. The van der Waals surface area contributed by atoms with Crippen LogP contribution in [0.1, 0.15) is 30.7 Å². The lowest BCUT2D eigenvalue weighted by Crippen LogP contribution is -2.05. The topological polar surface area (TPSA) is 63.6 Å². The molecular formula is C12H17N5S2. The van der Waals surface area contributed by atoms with Crippen molar-refractivity contribution in [2.24, 2.45) is 0 Å². The first-order valence-electron chi connectivity index (χ1n) is 6.19. The Morgan fingerprint density at radius 2 is 2.11 bits per heavy atom. The highest BCUT2D eigenvalue weighted by Gasteiger charge is 2.06. The van der Waals surface area contributed by atoms with E-state index in [0.717, 1.165) is 46.2 Å². The molecule has 5 nitrogen and oxygen atoms in total. The van der Waals surface area contributed by atoms with Gasteiger partial charge in [-0.05, 0) is 31.8 Å². The molecule has 0 unspecified atom stereocenters. The van der Waals surface area contributed by atoms with Crippen LogP contribution in [0.25, 0.3) is 0 Å². The lowest BCUT2D eigenvalue weighted by Gasteiger charge is -2.06. The monoisotopic (exact) mass is 295 g/mol. The van der Waals surface area contributed by atoms with Crippen LogP contribution in [-0.4, -0.2) is 25.9 Å². The molecular weight excluding hydrogens is 278 g/mol. The van der Waals surface area contributed by atoms with Gasteiger partial charge in [0.1, 0.15) is 17.5 Å². The summed E-state index contributed by atoms with van der Waals surface area (Å²) in [6.45, 7) is 6.95. The van der Waals surface area contributed by atoms with Crippen LogP contribution in [0.5, 0.6) is 0 Å². The number of anilines is 1. The van der Waals surface area contributed by atoms with E-state index in [1.54, 1.807) is 11.8 Å². The van der Waals surface area contributed by atoms with Gasteiger partial charge in [0.15, 0.2) is 4.34 Å². The quantitative estimate of drug-likeness (QED) is 0.826. The first-order chi connectivity index (χ1) is 9.17. The molecule has 0 spiro atoms. The largest absolute Gasteiger partial charge is 0.370 e. The van der Waals surface area contributed by atoms with Gasteiger partial charge in [0.2, 0.25) is 0 Å². The molecule has 1 N–H and O–H groups in total. The highest BCUT2D eigenvalue weighted by molar-refractivity contribution is 8.00. The molecule has 0 atom stereocenters. The Morgan fingerprint density at radius 3 is 2.79 bits per heavy atom. The second-order valence-electron chi connectivity index (χ2n) is 4.13. The lowest BCUT2D eigenvalue weighted by molar-refractivity contribution is 0.940. The third-order valence-electron chi connectivity index (χ3n) is 2.29. The number of aromatic nitrogens is 4. The SMILES string of the molecule is CCCNc1cc(C)nc(CSc2nc(C)ns2)n1. The van der Waals surface area contributed by atoms with Gasteiger partial charge >= 0.3 is 0 Å². The van der Waals surface area contributed by atoms with Gasteiger partial charge in [-0.1, -0.05) is 18.7 Å². The number of hydrogen-bond donors (Lipinski definition) is 1. The highest BCUT2D eigenvalue weighted by Crippen LogP contribution is 2.23. The van der Waals surface area contributed by atoms with Gasteiger partial charge in [0.05, 0.1) is 5.75 Å². The van der Waals surface area contributed by atoms with E-state index in [9.17, 15) is 0 Å². The van der Waals surface area contributed by atoms with E-state index in [0.29, 0.717) is 0 Å². The summed E-state index contributed by atoms with van der Waals surface area (Å²) >= 11 is 3.05. The van der Waals surface area contributed by atoms with Gasteiger partial charge in [0.25, 0.3) is 0 Å². The predicted molar refractivity (Wildman–Crippen MR) is 79.8 cm³/mol. The van der Waals surface area contributed by atoms with Gasteiger partial charge < -0.3 is 5.32 Å². The molecule has 0 fully saturated rings. The molecule has 0 radical (unpaired) electrons. The number of hydrogen-bond acceptors (Lipinski definition) is 7. The van der Waals surface area contributed by atoms with E-state index in [1.807, 2.05) is 19.9 Å². The summed E-state index contributed by atoms with van der Waals surface area (Å²) in [6, 6.07) is 1.97. The van der Waals surface area contributed by atoms with Crippen LogP contribution in [0.4, 0.5) is 5.82 Å². The molecule has 0 saturated carbocycles. The average molecular weight is 295 g/mol. The molecule has 0 bridgehead atoms. The minimum absolute atomic E-state index is 0.719. The normalized spacial score (nSPS) is 10.7. The second-order valence-corrected chi connectivity index (χ2v) is 6.11. The second kappa shape index (κ2) is 6.81. The number of aryl methyl sites for hydroxylation is 2. The smallest absolute Gasteiger partial charge is 0.170 e. The summed E-state index contributed by atoms with van der Waals surface area (Å²) in [5, 5.41) is 3.29. The van der Waals surface area contributed by atoms with E-state index in [1.165, 1.54) is 11.5 Å². The van der Waals surface area contributed by atoms with E-state index in [2.05, 4.69) is 31.6 Å². The van der Waals surface area contributed by atoms with Gasteiger partial charge in [-0.15, -0.1) is 0 Å². The van der Waals surface area contributed by atoms with Gasteiger partial charge in [-0.3, -0.25) is 0 Å². The van der Waals surface area contributed by atoms with Gasteiger partial charge in [-0.2, -0.15) is 4.37 Å². The summed E-state index contributed by atoms with van der Waals surface area (Å²) in [4.78, 5) is 13.3. The number of nitrogens with one attached hydrogen (secondary N) is 1. The van der Waals surface area contributed by atoms with E-state index in [-0.39, 0.29) is 0 Å². The van der Waals surface area contributed by atoms with E-state index >= 15 is 0 Å². The number of rotatable bonds is 6. The minimum atomic E-state index is 0.719. The van der Waals surface area contributed by atoms with Crippen molar-refractivity contribution in [2.75, 3.05) is 11.9 Å². The van der Waals surface area contributed by atoms with Crippen LogP contribution in [0.15, 0.2) is 10.4 Å². The zero-order valence-corrected chi connectivity index (χ0v) is 12.9. The van der Waals surface area contributed by atoms with Crippen molar-refractivity contribution in [1.82, 2.24) is 19.3 Å². The van der Waals surface area contributed by atoms with Crippen molar-refractivity contribution in [3.05, 3.63) is 23.4 Å². The zero-order chi connectivity index (χ0) is 13.7. The molecule has 0 aliphatic carbocycles. The number of nitrogens with zero attached hydrogens (tertiary/aromatic N) is 4. The maximum absolute atomic E-state index is 4.51. The first-order valence-corrected chi connectivity index (χ1v) is 7.95. The summed E-state index contributed by atoms with van der Waals surface area (Å²) in [6.07, 6.45) is 1.08. The summed E-state index contributed by atoms with van der Waals surface area (Å²) < 4.78 is 5.12. The fraction of sp³-hybridized carbons (Fsp3) is 0.500. The molecule has 7 heteroatoms. The molecule has 0 saturated heterocycles. The van der Waals surface area contributed by atoms with Crippen molar-refractivity contribution in [3.63, 3.8) is 0 Å². The predicted octanol–water partition coefficient (Wildman–Crippen LogP) is 3.06. The fourth-order valence-electron chi connectivity index (χ4n) is 1.50. The molecule has 0 aromatic carbocycles. The Hall–Kier alpha value is -1.21. The Bertz CT molecular complexity index is 541. The van der Waals surface area contributed by atoms with Crippen molar-refractivity contribution in [1.29, 1.82) is 0 Å². The van der Waals surface area contributed by atoms with Crippen molar-refractivity contribution in [3.8, 4) is 0 Å². The van der Waals surface area contributed by atoms with E-state index in [4.69, 9.17) is 0 Å². The maximum atomic E-state index is 4.51. The van der Waals surface area contributed by atoms with Crippen molar-refractivity contribution >= 4 is 29.1 Å². The van der Waals surface area contributed by atoms with Gasteiger partial charge in [0, 0.05) is 18.3 Å². The summed E-state index contributed by atoms with van der Waals surface area (Å²) in [5.41, 5.74) is 0.984. The van der Waals surface area contributed by atoms with Crippen LogP contribution >= 0.6 is 23.3 Å². The molecule has 2 aromatic rings. The molecule has 102 valence electrons. The third-order valence-corrected chi connectivity index (χ3v) is 4.21. The molecule has 19 heavy (non-hydrogen) atoms. The Balaban J connectivity index is 2.01. The molecule has 0 amide bonds. The Labute approximate surface area is 121 Å². The van der Waals surface area contributed by atoms with Gasteiger partial charge in [-0.25, -0.2) is 15.0 Å². The standard InChI is InChI=1S/C12H17N5S2/c1-4-5-13-10-6-8(2)14-11(16-10)7-18-12-15-9(3)17-19-12/h6H,4-5,7H2,1-3H3,(H,13,14,16). The van der Waals surface area contributed by atoms with Crippen molar-refractivity contribution in [2.45, 2.75) is 37.3 Å². The molecule has 2 heterocycles. The maximum Gasteiger partial charge on any atom is 0.170 e.